The number of aromatic amines is 1. The highest BCUT2D eigenvalue weighted by molar-refractivity contribution is 5.87. The number of nitrogens with one attached hydrogen (secondary N) is 2. The molecule has 6 heteroatoms. The van der Waals surface area contributed by atoms with E-state index in [1.165, 1.54) is 17.7 Å². The molecule has 4 rings (SSSR count). The van der Waals surface area contributed by atoms with Crippen molar-refractivity contribution in [2.75, 3.05) is 13.2 Å². The number of phenols is 1. The number of benzene rings is 2. The standard InChI is InChI=1S/C21H22N2O4/c1-12-2-3-13-9-14(11-27-19(13)8-12)22-10-18(25)15-4-6-17(24)21-16(15)5-7-20(26)23-21/h2-8,14,18,22,24-25H,9-11H2,1H3,(H,23,26)/t14?,18-/m0/s1. The predicted molar refractivity (Wildman–Crippen MR) is 103 cm³/mol. The lowest BCUT2D eigenvalue weighted by Crippen LogP contribution is -2.41. The maximum absolute atomic E-state index is 11.5. The summed E-state index contributed by atoms with van der Waals surface area (Å²) >= 11 is 0. The Bertz CT molecular complexity index is 1040. The maximum atomic E-state index is 11.5. The second-order valence-electron chi connectivity index (χ2n) is 7.03. The van der Waals surface area contributed by atoms with Gasteiger partial charge in [-0.05, 0) is 48.2 Å². The van der Waals surface area contributed by atoms with Crippen LogP contribution in [0.3, 0.4) is 0 Å². The summed E-state index contributed by atoms with van der Waals surface area (Å²) in [6.45, 7) is 2.93. The van der Waals surface area contributed by atoms with Gasteiger partial charge in [0.15, 0.2) is 0 Å². The Morgan fingerprint density at radius 1 is 1.26 bits per heavy atom. The van der Waals surface area contributed by atoms with Crippen molar-refractivity contribution in [2.24, 2.45) is 0 Å². The van der Waals surface area contributed by atoms with Gasteiger partial charge in [-0.2, -0.15) is 0 Å². The van der Waals surface area contributed by atoms with Crippen LogP contribution < -0.4 is 15.6 Å². The summed E-state index contributed by atoms with van der Waals surface area (Å²) in [7, 11) is 0. The highest BCUT2D eigenvalue weighted by Gasteiger charge is 2.21. The quantitative estimate of drug-likeness (QED) is 0.568. The summed E-state index contributed by atoms with van der Waals surface area (Å²) in [5, 5.41) is 24.6. The summed E-state index contributed by atoms with van der Waals surface area (Å²) in [5.74, 6) is 0.918. The van der Waals surface area contributed by atoms with Crippen LogP contribution in [0.5, 0.6) is 11.5 Å². The smallest absolute Gasteiger partial charge is 0.248 e. The van der Waals surface area contributed by atoms with Crippen molar-refractivity contribution in [3.05, 3.63) is 69.5 Å². The molecule has 0 aliphatic carbocycles. The molecule has 1 aliphatic heterocycles. The van der Waals surface area contributed by atoms with E-state index >= 15 is 0 Å². The van der Waals surface area contributed by atoms with Crippen molar-refractivity contribution in [2.45, 2.75) is 25.5 Å². The summed E-state index contributed by atoms with van der Waals surface area (Å²) in [6.07, 6.45) is 0.0600. The minimum Gasteiger partial charge on any atom is -0.506 e. The highest BCUT2D eigenvalue weighted by atomic mass is 16.5. The van der Waals surface area contributed by atoms with Crippen LogP contribution in [0.2, 0.25) is 0 Å². The van der Waals surface area contributed by atoms with Crippen molar-refractivity contribution in [1.29, 1.82) is 0 Å². The lowest BCUT2D eigenvalue weighted by Gasteiger charge is -2.27. The van der Waals surface area contributed by atoms with Gasteiger partial charge in [-0.25, -0.2) is 0 Å². The van der Waals surface area contributed by atoms with Crippen LogP contribution in [0.4, 0.5) is 0 Å². The molecule has 2 heterocycles. The van der Waals surface area contributed by atoms with E-state index < -0.39 is 6.10 Å². The van der Waals surface area contributed by atoms with Gasteiger partial charge in [0.05, 0.1) is 11.6 Å². The molecule has 0 saturated heterocycles. The fourth-order valence-corrected chi connectivity index (χ4v) is 3.55. The third kappa shape index (κ3) is 3.54. The normalized spacial score (nSPS) is 17.3. The molecule has 1 aromatic heterocycles. The summed E-state index contributed by atoms with van der Waals surface area (Å²) in [6, 6.07) is 12.5. The zero-order valence-corrected chi connectivity index (χ0v) is 15.0. The first-order valence-electron chi connectivity index (χ1n) is 9.00. The van der Waals surface area contributed by atoms with Crippen molar-refractivity contribution < 1.29 is 14.9 Å². The van der Waals surface area contributed by atoms with Gasteiger partial charge in [0.1, 0.15) is 18.1 Å². The number of aryl methyl sites for hydroxylation is 1. The number of aliphatic hydroxyl groups is 1. The third-order valence-corrected chi connectivity index (χ3v) is 4.99. The average molecular weight is 366 g/mol. The van der Waals surface area contributed by atoms with Gasteiger partial charge in [-0.1, -0.05) is 18.2 Å². The molecule has 3 aromatic rings. The molecule has 0 fully saturated rings. The van der Waals surface area contributed by atoms with E-state index in [9.17, 15) is 15.0 Å². The number of pyridine rings is 1. The fraction of sp³-hybridized carbons (Fsp3) is 0.286. The molecule has 4 N–H and O–H groups in total. The molecule has 1 aliphatic rings. The van der Waals surface area contributed by atoms with E-state index in [1.54, 1.807) is 12.1 Å². The van der Waals surface area contributed by atoms with E-state index in [4.69, 9.17) is 4.74 Å². The van der Waals surface area contributed by atoms with Crippen LogP contribution in [0.15, 0.2) is 47.3 Å². The summed E-state index contributed by atoms with van der Waals surface area (Å²) in [4.78, 5) is 14.1. The molecule has 2 aromatic carbocycles. The first-order chi connectivity index (χ1) is 13.0. The number of aromatic nitrogens is 1. The van der Waals surface area contributed by atoms with E-state index in [0.717, 1.165) is 17.7 Å². The number of aromatic hydroxyl groups is 1. The second-order valence-corrected chi connectivity index (χ2v) is 7.03. The first kappa shape index (κ1) is 17.6. The Hall–Kier alpha value is -2.83. The average Bonchev–Trinajstić information content (AvgIpc) is 2.66. The van der Waals surface area contributed by atoms with Gasteiger partial charge in [0.2, 0.25) is 5.56 Å². The molecule has 0 saturated carbocycles. The number of aliphatic hydroxyl groups excluding tert-OH is 1. The molecule has 140 valence electrons. The van der Waals surface area contributed by atoms with Crippen LogP contribution in [0.1, 0.15) is 22.8 Å². The Morgan fingerprint density at radius 3 is 2.96 bits per heavy atom. The largest absolute Gasteiger partial charge is 0.506 e. The van der Waals surface area contributed by atoms with Gasteiger partial charge in [-0.3, -0.25) is 4.79 Å². The molecular formula is C21H22N2O4. The Labute approximate surface area is 156 Å². The van der Waals surface area contributed by atoms with Crippen molar-refractivity contribution in [3.63, 3.8) is 0 Å². The van der Waals surface area contributed by atoms with Gasteiger partial charge in [0.25, 0.3) is 0 Å². The number of H-pyrrole nitrogens is 1. The molecule has 0 bridgehead atoms. The van der Waals surface area contributed by atoms with Crippen LogP contribution in [0.25, 0.3) is 10.9 Å². The Morgan fingerprint density at radius 2 is 2.11 bits per heavy atom. The van der Waals surface area contributed by atoms with Crippen LogP contribution >= 0.6 is 0 Å². The Kier molecular flexibility index (Phi) is 4.59. The third-order valence-electron chi connectivity index (χ3n) is 4.99. The SMILES string of the molecule is Cc1ccc2c(c1)OCC(NC[C@H](O)c1ccc(O)c3[nH]c(=O)ccc13)C2. The van der Waals surface area contributed by atoms with Crippen LogP contribution in [-0.4, -0.2) is 34.4 Å². The minimum atomic E-state index is -0.779. The van der Waals surface area contributed by atoms with Crippen LogP contribution in [-0.2, 0) is 6.42 Å². The minimum absolute atomic E-state index is 0.0146. The topological polar surface area (TPSA) is 94.6 Å². The lowest BCUT2D eigenvalue weighted by molar-refractivity contribution is 0.158. The van der Waals surface area contributed by atoms with Gasteiger partial charge < -0.3 is 25.3 Å². The number of hydrogen-bond donors (Lipinski definition) is 4. The van der Waals surface area contributed by atoms with Gasteiger partial charge >= 0.3 is 0 Å². The fourth-order valence-electron chi connectivity index (χ4n) is 3.55. The molecule has 0 radical (unpaired) electrons. The summed E-state index contributed by atoms with van der Waals surface area (Å²) in [5.41, 5.74) is 3.03. The van der Waals surface area contributed by atoms with Crippen molar-refractivity contribution >= 4 is 10.9 Å². The molecule has 0 amide bonds. The van der Waals surface area contributed by atoms with E-state index in [2.05, 4.69) is 22.4 Å². The van der Waals surface area contributed by atoms with Crippen molar-refractivity contribution in [1.82, 2.24) is 10.3 Å². The molecule has 2 atom stereocenters. The summed E-state index contributed by atoms with van der Waals surface area (Å²) < 4.78 is 5.84. The zero-order chi connectivity index (χ0) is 19.0. The van der Waals surface area contributed by atoms with Crippen molar-refractivity contribution in [3.8, 4) is 11.5 Å². The molecule has 27 heavy (non-hydrogen) atoms. The monoisotopic (exact) mass is 366 g/mol. The van der Waals surface area contributed by atoms with E-state index in [-0.39, 0.29) is 17.4 Å². The van der Waals surface area contributed by atoms with Crippen LogP contribution in [0, 0.1) is 6.92 Å². The number of ether oxygens (including phenoxy) is 1. The second kappa shape index (κ2) is 7.06. The van der Waals surface area contributed by atoms with Gasteiger partial charge in [-0.15, -0.1) is 0 Å². The van der Waals surface area contributed by atoms with E-state index in [0.29, 0.717) is 29.6 Å². The maximum Gasteiger partial charge on any atom is 0.248 e. The molecule has 0 spiro atoms. The van der Waals surface area contributed by atoms with E-state index in [1.807, 2.05) is 13.0 Å². The number of rotatable bonds is 4. The lowest BCUT2D eigenvalue weighted by atomic mass is 9.99. The Balaban J connectivity index is 1.48. The number of hydrogen-bond acceptors (Lipinski definition) is 5. The first-order valence-corrected chi connectivity index (χ1v) is 9.00. The number of phenolic OH excluding ortho intramolecular Hbond substituents is 1. The number of fused-ring (bicyclic) bond motifs is 2. The highest BCUT2D eigenvalue weighted by Crippen LogP contribution is 2.29. The molecule has 1 unspecified atom stereocenters. The van der Waals surface area contributed by atoms with Gasteiger partial charge in [0, 0.05) is 24.0 Å². The predicted octanol–water partition coefficient (Wildman–Crippen LogP) is 2.17. The molecule has 6 nitrogen and oxygen atoms in total. The molecular weight excluding hydrogens is 344 g/mol. The zero-order valence-electron chi connectivity index (χ0n) is 15.0.